The highest BCUT2D eigenvalue weighted by Gasteiger charge is 2.25. The summed E-state index contributed by atoms with van der Waals surface area (Å²) in [5.41, 5.74) is 1.95. The van der Waals surface area contributed by atoms with Gasteiger partial charge in [0.2, 0.25) is 0 Å². The Morgan fingerprint density at radius 2 is 1.62 bits per heavy atom. The molecule has 0 spiro atoms. The maximum atomic E-state index is 11.2. The molecule has 0 atom stereocenters. The molecule has 1 aliphatic rings. The van der Waals surface area contributed by atoms with Crippen molar-refractivity contribution in [2.75, 3.05) is 0 Å². The van der Waals surface area contributed by atoms with Crippen molar-refractivity contribution in [3.63, 3.8) is 0 Å². The van der Waals surface area contributed by atoms with Gasteiger partial charge >= 0.3 is 6.95 Å². The summed E-state index contributed by atoms with van der Waals surface area (Å²) < 4.78 is 21.1. The second-order valence-electron chi connectivity index (χ2n) is 2.75. The normalized spacial score (nSPS) is 20.4. The fraction of sp³-hybridized carbons (Fsp3) is 0.250. The lowest BCUT2D eigenvalue weighted by Crippen LogP contribution is -1.89. The van der Waals surface area contributed by atoms with Crippen molar-refractivity contribution in [2.45, 2.75) is 13.2 Å². The molecular formula is C8H8ClO3P. The minimum atomic E-state index is -3.34. The van der Waals surface area contributed by atoms with E-state index in [1.165, 1.54) is 0 Å². The Morgan fingerprint density at radius 3 is 2.08 bits per heavy atom. The third-order valence-corrected chi connectivity index (χ3v) is 3.33. The molecule has 2 rings (SSSR count). The molecule has 1 aromatic rings. The number of fused-ring (bicyclic) bond motifs is 1. The van der Waals surface area contributed by atoms with E-state index in [0.29, 0.717) is 0 Å². The molecule has 1 aromatic carbocycles. The van der Waals surface area contributed by atoms with Crippen LogP contribution in [-0.4, -0.2) is 0 Å². The first-order chi connectivity index (χ1) is 6.17. The van der Waals surface area contributed by atoms with Gasteiger partial charge in [-0.2, -0.15) is 0 Å². The summed E-state index contributed by atoms with van der Waals surface area (Å²) in [7, 11) is 0. The molecule has 0 aliphatic carbocycles. The molecule has 70 valence electrons. The highest BCUT2D eigenvalue weighted by molar-refractivity contribution is 7.81. The molecule has 5 heteroatoms. The van der Waals surface area contributed by atoms with Crippen LogP contribution in [0.3, 0.4) is 0 Å². The van der Waals surface area contributed by atoms with Crippen molar-refractivity contribution >= 4 is 18.2 Å². The quantitative estimate of drug-likeness (QED) is 0.628. The molecule has 0 radical (unpaired) electrons. The lowest BCUT2D eigenvalue weighted by atomic mass is 10.1. The van der Waals surface area contributed by atoms with Crippen molar-refractivity contribution in [3.8, 4) is 0 Å². The Kier molecular flexibility index (Phi) is 2.43. The van der Waals surface area contributed by atoms with Gasteiger partial charge in [0.25, 0.3) is 0 Å². The number of halogens is 1. The van der Waals surface area contributed by atoms with Crippen LogP contribution in [0.1, 0.15) is 11.1 Å². The minimum Gasteiger partial charge on any atom is -0.292 e. The van der Waals surface area contributed by atoms with Crippen LogP contribution in [0.15, 0.2) is 24.3 Å². The zero-order valence-electron chi connectivity index (χ0n) is 6.77. The van der Waals surface area contributed by atoms with E-state index < -0.39 is 6.95 Å². The first kappa shape index (κ1) is 9.22. The molecule has 1 heterocycles. The summed E-state index contributed by atoms with van der Waals surface area (Å²) in [5.74, 6) is 0. The SMILES string of the molecule is O=P1(Cl)OCc2ccccc2CO1. The van der Waals surface area contributed by atoms with Crippen molar-refractivity contribution in [1.82, 2.24) is 0 Å². The van der Waals surface area contributed by atoms with Crippen molar-refractivity contribution < 1.29 is 13.6 Å². The average molecular weight is 219 g/mol. The van der Waals surface area contributed by atoms with Crippen LogP contribution in [-0.2, 0) is 26.8 Å². The van der Waals surface area contributed by atoms with E-state index in [0.717, 1.165) is 11.1 Å². The topological polar surface area (TPSA) is 35.5 Å². The molecule has 0 fully saturated rings. The van der Waals surface area contributed by atoms with Crippen LogP contribution < -0.4 is 0 Å². The first-order valence-corrected chi connectivity index (χ1v) is 6.28. The monoisotopic (exact) mass is 218 g/mol. The molecule has 0 amide bonds. The van der Waals surface area contributed by atoms with E-state index in [4.69, 9.17) is 20.3 Å². The highest BCUT2D eigenvalue weighted by Crippen LogP contribution is 2.56. The smallest absolute Gasteiger partial charge is 0.292 e. The fourth-order valence-corrected chi connectivity index (χ4v) is 2.12. The van der Waals surface area contributed by atoms with Gasteiger partial charge in [-0.05, 0) is 11.1 Å². The molecule has 0 N–H and O–H groups in total. The predicted molar refractivity (Wildman–Crippen MR) is 49.5 cm³/mol. The van der Waals surface area contributed by atoms with E-state index in [1.807, 2.05) is 24.3 Å². The Hall–Kier alpha value is -0.340. The van der Waals surface area contributed by atoms with Gasteiger partial charge in [-0.1, -0.05) is 24.3 Å². The molecule has 0 aromatic heterocycles. The largest absolute Gasteiger partial charge is 0.424 e. The third kappa shape index (κ3) is 2.12. The molecular weight excluding hydrogens is 211 g/mol. The molecule has 0 bridgehead atoms. The summed E-state index contributed by atoms with van der Waals surface area (Å²) in [6.07, 6.45) is 0. The standard InChI is InChI=1S/C8H8ClO3P/c9-13(10)11-5-7-3-1-2-4-8(7)6-12-13/h1-4H,5-6H2. The van der Waals surface area contributed by atoms with Gasteiger partial charge in [-0.15, -0.1) is 0 Å². The van der Waals surface area contributed by atoms with Gasteiger partial charge < -0.3 is 0 Å². The third-order valence-electron chi connectivity index (χ3n) is 1.87. The van der Waals surface area contributed by atoms with Gasteiger partial charge in [-0.25, -0.2) is 4.57 Å². The number of rotatable bonds is 0. The molecule has 0 saturated carbocycles. The predicted octanol–water partition coefficient (Wildman–Crippen LogP) is 3.08. The van der Waals surface area contributed by atoms with Crippen LogP contribution >= 0.6 is 18.2 Å². The van der Waals surface area contributed by atoms with Crippen LogP contribution in [0.4, 0.5) is 0 Å². The second kappa shape index (κ2) is 3.43. The molecule has 3 nitrogen and oxygen atoms in total. The zero-order chi connectivity index (χ0) is 9.31. The number of hydrogen-bond donors (Lipinski definition) is 0. The van der Waals surface area contributed by atoms with E-state index >= 15 is 0 Å². The summed E-state index contributed by atoms with van der Waals surface area (Å²) in [6.45, 7) is -2.85. The maximum absolute atomic E-state index is 11.2. The minimum absolute atomic E-state index is 0.247. The van der Waals surface area contributed by atoms with Crippen LogP contribution in [0.25, 0.3) is 0 Å². The molecule has 0 saturated heterocycles. The van der Waals surface area contributed by atoms with E-state index in [-0.39, 0.29) is 13.2 Å². The Balaban J connectivity index is 2.32. The van der Waals surface area contributed by atoms with Gasteiger partial charge in [0.1, 0.15) is 0 Å². The van der Waals surface area contributed by atoms with Gasteiger partial charge in [0.15, 0.2) is 0 Å². The highest BCUT2D eigenvalue weighted by atomic mass is 35.7. The van der Waals surface area contributed by atoms with Crippen LogP contribution in [0, 0.1) is 0 Å². The van der Waals surface area contributed by atoms with Crippen molar-refractivity contribution in [2.24, 2.45) is 0 Å². The number of hydrogen-bond acceptors (Lipinski definition) is 3. The van der Waals surface area contributed by atoms with E-state index in [2.05, 4.69) is 0 Å². The molecule has 13 heavy (non-hydrogen) atoms. The lowest BCUT2D eigenvalue weighted by molar-refractivity contribution is 0.222. The maximum Gasteiger partial charge on any atom is 0.424 e. The second-order valence-corrected chi connectivity index (χ2v) is 5.37. The summed E-state index contributed by atoms with van der Waals surface area (Å²) in [4.78, 5) is 0. The first-order valence-electron chi connectivity index (χ1n) is 3.83. The Bertz CT molecular complexity index is 335. The fourth-order valence-electron chi connectivity index (χ4n) is 1.17. The average Bonchev–Trinajstić information content (AvgIpc) is 2.27. The summed E-state index contributed by atoms with van der Waals surface area (Å²) >= 11 is 5.48. The molecule has 1 aliphatic heterocycles. The summed E-state index contributed by atoms with van der Waals surface area (Å²) in [5, 5.41) is 0. The van der Waals surface area contributed by atoms with Crippen molar-refractivity contribution in [3.05, 3.63) is 35.4 Å². The Morgan fingerprint density at radius 1 is 1.15 bits per heavy atom. The van der Waals surface area contributed by atoms with E-state index in [1.54, 1.807) is 0 Å². The van der Waals surface area contributed by atoms with Gasteiger partial charge in [-0.3, -0.25) is 9.05 Å². The van der Waals surface area contributed by atoms with Crippen LogP contribution in [0.5, 0.6) is 0 Å². The lowest BCUT2D eigenvalue weighted by Gasteiger charge is -2.04. The summed E-state index contributed by atoms with van der Waals surface area (Å²) in [6, 6.07) is 7.60. The van der Waals surface area contributed by atoms with E-state index in [9.17, 15) is 4.57 Å². The van der Waals surface area contributed by atoms with Gasteiger partial charge in [0, 0.05) is 11.2 Å². The number of benzene rings is 1. The zero-order valence-corrected chi connectivity index (χ0v) is 8.42. The van der Waals surface area contributed by atoms with Crippen LogP contribution in [0.2, 0.25) is 0 Å². The van der Waals surface area contributed by atoms with Crippen molar-refractivity contribution in [1.29, 1.82) is 0 Å². The molecule has 0 unspecified atom stereocenters. The van der Waals surface area contributed by atoms with Gasteiger partial charge in [0.05, 0.1) is 13.2 Å². The Labute approximate surface area is 80.9 Å².